The number of nitrogens with zero attached hydrogens (tertiary/aromatic N) is 3. The Labute approximate surface area is 131 Å². The number of hydrogen-bond donors (Lipinski definition) is 1. The van der Waals surface area contributed by atoms with Gasteiger partial charge in [-0.1, -0.05) is 0 Å². The molecule has 1 heterocycles. The van der Waals surface area contributed by atoms with Crippen LogP contribution in [0.2, 0.25) is 0 Å². The fraction of sp³-hybridized carbons (Fsp3) is 0.357. The van der Waals surface area contributed by atoms with Crippen molar-refractivity contribution < 1.29 is 4.92 Å². The molecule has 0 aliphatic carbocycles. The zero-order valence-electron chi connectivity index (χ0n) is 12.2. The standard InChI is InChI=1S/C14H17BrN4O2/c1-9-12(10(2)18(3)17-9)6-7-16-14-5-4-11(19(20)21)8-13(14)15/h4-5,8,16H,6-7H2,1-3H3. The number of rotatable bonds is 5. The van der Waals surface area contributed by atoms with Gasteiger partial charge >= 0.3 is 0 Å². The molecule has 0 saturated heterocycles. The number of nitro benzene ring substituents is 1. The van der Waals surface area contributed by atoms with E-state index in [1.165, 1.54) is 17.7 Å². The van der Waals surface area contributed by atoms with Gasteiger partial charge in [0.1, 0.15) is 0 Å². The Kier molecular flexibility index (Phi) is 4.62. The summed E-state index contributed by atoms with van der Waals surface area (Å²) in [4.78, 5) is 10.3. The lowest BCUT2D eigenvalue weighted by Crippen LogP contribution is -2.07. The van der Waals surface area contributed by atoms with Crippen molar-refractivity contribution in [3.8, 4) is 0 Å². The molecule has 1 aromatic carbocycles. The number of nitro groups is 1. The van der Waals surface area contributed by atoms with Gasteiger partial charge in [-0.3, -0.25) is 14.8 Å². The highest BCUT2D eigenvalue weighted by atomic mass is 79.9. The summed E-state index contributed by atoms with van der Waals surface area (Å²) >= 11 is 3.35. The molecule has 0 unspecified atom stereocenters. The van der Waals surface area contributed by atoms with Crippen LogP contribution < -0.4 is 5.32 Å². The molecule has 2 rings (SSSR count). The first kappa shape index (κ1) is 15.5. The highest BCUT2D eigenvalue weighted by Gasteiger charge is 2.11. The molecule has 0 amide bonds. The lowest BCUT2D eigenvalue weighted by molar-refractivity contribution is -0.384. The fourth-order valence-corrected chi connectivity index (χ4v) is 2.77. The predicted octanol–water partition coefficient (Wildman–Crippen LogP) is 3.36. The van der Waals surface area contributed by atoms with Gasteiger partial charge in [-0.15, -0.1) is 0 Å². The van der Waals surface area contributed by atoms with Crippen LogP contribution in [-0.2, 0) is 13.5 Å². The molecule has 0 aliphatic rings. The number of aryl methyl sites for hydroxylation is 2. The van der Waals surface area contributed by atoms with Crippen molar-refractivity contribution >= 4 is 27.3 Å². The smallest absolute Gasteiger partial charge is 0.270 e. The minimum absolute atomic E-state index is 0.0753. The van der Waals surface area contributed by atoms with Gasteiger partial charge < -0.3 is 5.32 Å². The van der Waals surface area contributed by atoms with Crippen molar-refractivity contribution in [1.29, 1.82) is 0 Å². The maximum Gasteiger partial charge on any atom is 0.270 e. The van der Waals surface area contributed by atoms with Gasteiger partial charge in [-0.05, 0) is 47.8 Å². The number of halogens is 1. The topological polar surface area (TPSA) is 73.0 Å². The van der Waals surface area contributed by atoms with Crippen LogP contribution in [0.15, 0.2) is 22.7 Å². The largest absolute Gasteiger partial charge is 0.384 e. The molecule has 6 nitrogen and oxygen atoms in total. The van der Waals surface area contributed by atoms with Crippen molar-refractivity contribution in [2.24, 2.45) is 7.05 Å². The summed E-state index contributed by atoms with van der Waals surface area (Å²) in [5.74, 6) is 0. The zero-order chi connectivity index (χ0) is 15.6. The van der Waals surface area contributed by atoms with Crippen LogP contribution in [0.3, 0.4) is 0 Å². The van der Waals surface area contributed by atoms with E-state index in [9.17, 15) is 10.1 Å². The highest BCUT2D eigenvalue weighted by Crippen LogP contribution is 2.27. The molecular weight excluding hydrogens is 336 g/mol. The van der Waals surface area contributed by atoms with Crippen molar-refractivity contribution in [2.45, 2.75) is 20.3 Å². The Bertz CT molecular complexity index is 682. The second-order valence-electron chi connectivity index (χ2n) is 4.87. The van der Waals surface area contributed by atoms with E-state index in [4.69, 9.17) is 0 Å². The third kappa shape index (κ3) is 3.41. The number of nitrogens with one attached hydrogen (secondary N) is 1. The first-order valence-electron chi connectivity index (χ1n) is 6.57. The van der Waals surface area contributed by atoms with E-state index in [-0.39, 0.29) is 5.69 Å². The first-order valence-corrected chi connectivity index (χ1v) is 7.36. The van der Waals surface area contributed by atoms with E-state index in [1.807, 2.05) is 18.7 Å². The van der Waals surface area contributed by atoms with Crippen LogP contribution in [0, 0.1) is 24.0 Å². The van der Waals surface area contributed by atoms with E-state index in [0.717, 1.165) is 30.0 Å². The fourth-order valence-electron chi connectivity index (χ4n) is 2.26. The van der Waals surface area contributed by atoms with Crippen LogP contribution in [0.1, 0.15) is 17.0 Å². The maximum absolute atomic E-state index is 10.7. The second kappa shape index (κ2) is 6.26. The lowest BCUT2D eigenvalue weighted by atomic mass is 10.1. The van der Waals surface area contributed by atoms with Gasteiger partial charge in [0.15, 0.2) is 0 Å². The van der Waals surface area contributed by atoms with Crippen molar-refractivity contribution in [1.82, 2.24) is 9.78 Å². The SMILES string of the molecule is Cc1nn(C)c(C)c1CCNc1ccc([N+](=O)[O-])cc1Br. The van der Waals surface area contributed by atoms with Gasteiger partial charge in [0, 0.05) is 41.6 Å². The minimum Gasteiger partial charge on any atom is -0.384 e. The molecule has 21 heavy (non-hydrogen) atoms. The van der Waals surface area contributed by atoms with Gasteiger partial charge in [0.05, 0.1) is 10.6 Å². The van der Waals surface area contributed by atoms with Gasteiger partial charge in [-0.2, -0.15) is 5.10 Å². The summed E-state index contributed by atoms with van der Waals surface area (Å²) in [6, 6.07) is 4.71. The third-order valence-corrected chi connectivity index (χ3v) is 4.17. The van der Waals surface area contributed by atoms with E-state index < -0.39 is 4.92 Å². The Morgan fingerprint density at radius 3 is 2.67 bits per heavy atom. The summed E-state index contributed by atoms with van der Waals surface area (Å²) in [6.07, 6.45) is 0.856. The van der Waals surface area contributed by atoms with Crippen LogP contribution in [0.4, 0.5) is 11.4 Å². The summed E-state index contributed by atoms with van der Waals surface area (Å²) < 4.78 is 2.57. The molecule has 2 aromatic rings. The number of benzene rings is 1. The molecule has 0 spiro atoms. The average molecular weight is 353 g/mol. The van der Waals surface area contributed by atoms with Gasteiger partial charge in [0.25, 0.3) is 5.69 Å². The number of aromatic nitrogens is 2. The first-order chi connectivity index (χ1) is 9.90. The van der Waals surface area contributed by atoms with Crippen molar-refractivity contribution in [2.75, 3.05) is 11.9 Å². The van der Waals surface area contributed by atoms with Crippen molar-refractivity contribution in [3.63, 3.8) is 0 Å². The molecule has 0 bridgehead atoms. The molecular formula is C14H17BrN4O2. The van der Waals surface area contributed by atoms with E-state index in [0.29, 0.717) is 4.47 Å². The molecule has 0 atom stereocenters. The molecule has 0 aliphatic heterocycles. The molecule has 0 saturated carbocycles. The number of anilines is 1. The Balaban J connectivity index is 2.02. The lowest BCUT2D eigenvalue weighted by Gasteiger charge is -2.08. The van der Waals surface area contributed by atoms with Crippen molar-refractivity contribution in [3.05, 3.63) is 49.7 Å². The zero-order valence-corrected chi connectivity index (χ0v) is 13.8. The molecule has 112 valence electrons. The number of non-ortho nitro benzene ring substituents is 1. The summed E-state index contributed by atoms with van der Waals surface area (Å²) in [5, 5.41) is 18.4. The van der Waals surface area contributed by atoms with Crippen LogP contribution in [0.25, 0.3) is 0 Å². The summed E-state index contributed by atoms with van der Waals surface area (Å²) in [7, 11) is 1.94. The summed E-state index contributed by atoms with van der Waals surface area (Å²) in [5.41, 5.74) is 4.37. The average Bonchev–Trinajstić information content (AvgIpc) is 2.66. The minimum atomic E-state index is -0.406. The predicted molar refractivity (Wildman–Crippen MR) is 85.7 cm³/mol. The van der Waals surface area contributed by atoms with E-state index >= 15 is 0 Å². The summed E-state index contributed by atoms with van der Waals surface area (Å²) in [6.45, 7) is 4.80. The number of hydrogen-bond acceptors (Lipinski definition) is 4. The third-order valence-electron chi connectivity index (χ3n) is 3.51. The Morgan fingerprint density at radius 1 is 1.43 bits per heavy atom. The van der Waals surface area contributed by atoms with Crippen LogP contribution in [-0.4, -0.2) is 21.2 Å². The van der Waals surface area contributed by atoms with Gasteiger partial charge in [-0.25, -0.2) is 0 Å². The Morgan fingerprint density at radius 2 is 2.14 bits per heavy atom. The quantitative estimate of drug-likeness (QED) is 0.661. The monoisotopic (exact) mass is 352 g/mol. The van der Waals surface area contributed by atoms with E-state index in [1.54, 1.807) is 6.07 Å². The molecule has 0 radical (unpaired) electrons. The molecule has 1 aromatic heterocycles. The van der Waals surface area contributed by atoms with Gasteiger partial charge in [0.2, 0.25) is 0 Å². The highest BCUT2D eigenvalue weighted by molar-refractivity contribution is 9.10. The molecule has 0 fully saturated rings. The molecule has 1 N–H and O–H groups in total. The Hall–Kier alpha value is -1.89. The maximum atomic E-state index is 10.7. The van der Waals surface area contributed by atoms with Crippen LogP contribution >= 0.6 is 15.9 Å². The second-order valence-corrected chi connectivity index (χ2v) is 5.73. The molecule has 7 heteroatoms. The van der Waals surface area contributed by atoms with E-state index in [2.05, 4.69) is 33.3 Å². The van der Waals surface area contributed by atoms with Crippen LogP contribution in [0.5, 0.6) is 0 Å². The normalized spacial score (nSPS) is 10.7.